The van der Waals surface area contributed by atoms with Crippen LogP contribution in [-0.4, -0.2) is 11.6 Å². The van der Waals surface area contributed by atoms with Gasteiger partial charge in [0.2, 0.25) is 0 Å². The molecule has 4 aliphatic carbocycles. The third-order valence-electron chi connectivity index (χ3n) is 9.72. The van der Waals surface area contributed by atoms with Crippen molar-refractivity contribution in [3.63, 3.8) is 0 Å². The lowest BCUT2D eigenvalue weighted by Gasteiger charge is -2.66. The number of hydrogen-bond acceptors (Lipinski definition) is 2. The van der Waals surface area contributed by atoms with E-state index in [2.05, 4.69) is 27.7 Å². The van der Waals surface area contributed by atoms with Crippen LogP contribution in [0.5, 0.6) is 0 Å². The first kappa shape index (κ1) is 15.8. The first-order valence-electron chi connectivity index (χ1n) is 9.71. The SMILES string of the molecule is C[C@@]12CC[C@@H]3[C@@H](CC[C@@]4(C)C(=O)CC[C@]34C)[C@@]1(C)CCC(=O)C2. The average Bonchev–Trinajstić information content (AvgIpc) is 2.73. The van der Waals surface area contributed by atoms with Crippen LogP contribution in [0.15, 0.2) is 0 Å². The van der Waals surface area contributed by atoms with Crippen LogP contribution in [-0.2, 0) is 9.59 Å². The van der Waals surface area contributed by atoms with Crippen LogP contribution < -0.4 is 0 Å². The molecule has 0 aromatic carbocycles. The Morgan fingerprint density at radius 1 is 0.783 bits per heavy atom. The lowest BCUT2D eigenvalue weighted by Crippen LogP contribution is -2.60. The molecule has 0 heterocycles. The summed E-state index contributed by atoms with van der Waals surface area (Å²) in [4.78, 5) is 24.8. The fourth-order valence-electron chi connectivity index (χ4n) is 7.54. The maximum absolute atomic E-state index is 12.6. The molecule has 4 fully saturated rings. The Bertz CT molecular complexity index is 580. The minimum absolute atomic E-state index is 0.0806. The summed E-state index contributed by atoms with van der Waals surface area (Å²) >= 11 is 0. The third-order valence-corrected chi connectivity index (χ3v) is 9.72. The van der Waals surface area contributed by atoms with Gasteiger partial charge in [-0.2, -0.15) is 0 Å². The van der Waals surface area contributed by atoms with Crippen molar-refractivity contribution in [2.75, 3.05) is 0 Å². The summed E-state index contributed by atoms with van der Waals surface area (Å²) in [6.07, 6.45) is 9.20. The number of carbonyl (C=O) groups is 2. The van der Waals surface area contributed by atoms with Crippen molar-refractivity contribution in [1.82, 2.24) is 0 Å². The molecule has 0 spiro atoms. The van der Waals surface area contributed by atoms with Gasteiger partial charge in [0.15, 0.2) is 0 Å². The zero-order chi connectivity index (χ0) is 16.7. The van der Waals surface area contributed by atoms with Crippen molar-refractivity contribution in [3.05, 3.63) is 0 Å². The molecule has 4 aliphatic rings. The number of rotatable bonds is 0. The van der Waals surface area contributed by atoms with Gasteiger partial charge in [-0.25, -0.2) is 0 Å². The summed E-state index contributed by atoms with van der Waals surface area (Å²) in [7, 11) is 0. The topological polar surface area (TPSA) is 34.1 Å². The van der Waals surface area contributed by atoms with E-state index >= 15 is 0 Å². The van der Waals surface area contributed by atoms with E-state index in [4.69, 9.17) is 0 Å². The van der Waals surface area contributed by atoms with E-state index in [1.54, 1.807) is 0 Å². The van der Waals surface area contributed by atoms with Crippen LogP contribution in [0.4, 0.5) is 0 Å². The summed E-state index contributed by atoms with van der Waals surface area (Å²) in [6.45, 7) is 9.56. The number of ketones is 2. The van der Waals surface area contributed by atoms with Gasteiger partial charge in [0.1, 0.15) is 11.6 Å². The van der Waals surface area contributed by atoms with E-state index in [9.17, 15) is 9.59 Å². The second-order valence-electron chi connectivity index (χ2n) is 10.2. The zero-order valence-corrected chi connectivity index (χ0v) is 15.3. The predicted octanol–water partition coefficient (Wildman–Crippen LogP) is 4.95. The molecule has 23 heavy (non-hydrogen) atoms. The molecule has 0 aromatic rings. The molecule has 4 saturated carbocycles. The maximum Gasteiger partial charge on any atom is 0.139 e. The largest absolute Gasteiger partial charge is 0.300 e. The normalized spacial score (nSPS) is 56.0. The Balaban J connectivity index is 1.75. The van der Waals surface area contributed by atoms with E-state index in [0.29, 0.717) is 28.8 Å². The molecule has 2 nitrogen and oxygen atoms in total. The molecular formula is C21H32O2. The molecule has 0 aliphatic heterocycles. The van der Waals surface area contributed by atoms with E-state index in [1.807, 2.05) is 0 Å². The van der Waals surface area contributed by atoms with Crippen molar-refractivity contribution in [2.24, 2.45) is 33.5 Å². The molecule has 2 heteroatoms. The quantitative estimate of drug-likeness (QED) is 0.634. The highest BCUT2D eigenvalue weighted by Crippen LogP contribution is 2.72. The second-order valence-corrected chi connectivity index (χ2v) is 10.2. The second kappa shape index (κ2) is 4.49. The van der Waals surface area contributed by atoms with Gasteiger partial charge in [-0.1, -0.05) is 27.7 Å². The molecule has 0 bridgehead atoms. The van der Waals surface area contributed by atoms with E-state index in [1.165, 1.54) is 19.3 Å². The van der Waals surface area contributed by atoms with Gasteiger partial charge in [0.05, 0.1) is 0 Å². The molecule has 0 aromatic heterocycles. The number of Topliss-reactive ketones (excluding diaryl/α,β-unsaturated/α-hetero) is 2. The standard InChI is InChI=1S/C21H32O2/c1-18-9-6-16-15(19(18,2)10-5-14(22)13-18)7-11-21(4)17(23)8-12-20(16,21)3/h15-16H,5-13H2,1-4H3/t15-,16-,18+,19-,20-,21+/m1/s1. The first-order chi connectivity index (χ1) is 10.7. The molecule has 6 atom stereocenters. The minimum atomic E-state index is -0.0806. The summed E-state index contributed by atoms with van der Waals surface area (Å²) in [5.74, 6) is 2.39. The van der Waals surface area contributed by atoms with Crippen LogP contribution in [0.2, 0.25) is 0 Å². The molecule has 4 rings (SSSR count). The van der Waals surface area contributed by atoms with E-state index in [0.717, 1.165) is 38.5 Å². The zero-order valence-electron chi connectivity index (χ0n) is 15.3. The highest BCUT2D eigenvalue weighted by molar-refractivity contribution is 5.88. The van der Waals surface area contributed by atoms with Crippen LogP contribution in [0.3, 0.4) is 0 Å². The molecule has 0 N–H and O–H groups in total. The van der Waals surface area contributed by atoms with Crippen molar-refractivity contribution < 1.29 is 9.59 Å². The predicted molar refractivity (Wildman–Crippen MR) is 91.0 cm³/mol. The molecule has 0 saturated heterocycles. The highest BCUT2D eigenvalue weighted by Gasteiger charge is 2.67. The molecule has 128 valence electrons. The van der Waals surface area contributed by atoms with Gasteiger partial charge in [0.25, 0.3) is 0 Å². The van der Waals surface area contributed by atoms with Gasteiger partial charge in [-0.15, -0.1) is 0 Å². The van der Waals surface area contributed by atoms with Gasteiger partial charge < -0.3 is 0 Å². The molecule has 0 amide bonds. The smallest absolute Gasteiger partial charge is 0.139 e. The Morgan fingerprint density at radius 2 is 1.39 bits per heavy atom. The molecule has 0 radical (unpaired) electrons. The van der Waals surface area contributed by atoms with Crippen LogP contribution in [0.25, 0.3) is 0 Å². The summed E-state index contributed by atoms with van der Waals surface area (Å²) in [6, 6.07) is 0. The Hall–Kier alpha value is -0.660. The van der Waals surface area contributed by atoms with Crippen molar-refractivity contribution in [1.29, 1.82) is 0 Å². The Morgan fingerprint density at radius 3 is 2.13 bits per heavy atom. The monoisotopic (exact) mass is 316 g/mol. The maximum atomic E-state index is 12.6. The van der Waals surface area contributed by atoms with Crippen LogP contribution in [0, 0.1) is 33.5 Å². The summed E-state index contributed by atoms with van der Waals surface area (Å²) < 4.78 is 0. The highest BCUT2D eigenvalue weighted by atomic mass is 16.1. The lowest BCUT2D eigenvalue weighted by molar-refractivity contribution is -0.182. The fourth-order valence-corrected chi connectivity index (χ4v) is 7.54. The fraction of sp³-hybridized carbons (Fsp3) is 0.905. The van der Waals surface area contributed by atoms with Crippen molar-refractivity contribution in [2.45, 2.75) is 85.5 Å². The van der Waals surface area contributed by atoms with E-state index in [-0.39, 0.29) is 16.2 Å². The van der Waals surface area contributed by atoms with Gasteiger partial charge in [-0.3, -0.25) is 9.59 Å². The third kappa shape index (κ3) is 1.71. The van der Waals surface area contributed by atoms with Crippen molar-refractivity contribution >= 4 is 11.6 Å². The van der Waals surface area contributed by atoms with Gasteiger partial charge >= 0.3 is 0 Å². The molecular weight excluding hydrogens is 284 g/mol. The Labute approximate surface area is 140 Å². The first-order valence-corrected chi connectivity index (χ1v) is 9.71. The summed E-state index contributed by atoms with van der Waals surface area (Å²) in [5, 5.41) is 0. The molecule has 0 unspecified atom stereocenters. The number of fused-ring (bicyclic) bond motifs is 5. The Kier molecular flexibility index (Phi) is 3.09. The van der Waals surface area contributed by atoms with Crippen LogP contribution in [0.1, 0.15) is 85.5 Å². The van der Waals surface area contributed by atoms with Gasteiger partial charge in [0, 0.05) is 24.7 Å². The van der Waals surface area contributed by atoms with E-state index < -0.39 is 0 Å². The van der Waals surface area contributed by atoms with Gasteiger partial charge in [-0.05, 0) is 66.6 Å². The number of hydrogen-bond donors (Lipinski definition) is 0. The lowest BCUT2D eigenvalue weighted by atomic mass is 9.38. The average molecular weight is 316 g/mol. The summed E-state index contributed by atoms with van der Waals surface area (Å²) in [5.41, 5.74) is 0.595. The number of carbonyl (C=O) groups excluding carboxylic acids is 2. The van der Waals surface area contributed by atoms with Crippen LogP contribution >= 0.6 is 0 Å². The minimum Gasteiger partial charge on any atom is -0.300 e. The van der Waals surface area contributed by atoms with Crippen molar-refractivity contribution in [3.8, 4) is 0 Å².